The van der Waals surface area contributed by atoms with Gasteiger partial charge in [-0.2, -0.15) is 0 Å². The third kappa shape index (κ3) is 27.3. The smallest absolute Gasteiger partial charge is 0.322 e. The van der Waals surface area contributed by atoms with Crippen molar-refractivity contribution >= 4 is 18.3 Å². The van der Waals surface area contributed by atoms with Crippen molar-refractivity contribution < 1.29 is 24.6 Å². The van der Waals surface area contributed by atoms with E-state index in [9.17, 15) is 14.4 Å². The van der Waals surface area contributed by atoms with Gasteiger partial charge in [0.05, 0.1) is 0 Å². The Bertz CT molecular complexity index is 356. The molecule has 0 aromatic heterocycles. The lowest BCUT2D eigenvalue weighted by molar-refractivity contribution is -0.137. The average molecular weight is 360 g/mol. The van der Waals surface area contributed by atoms with Crippen LogP contribution in [0.25, 0.3) is 0 Å². The van der Waals surface area contributed by atoms with Crippen LogP contribution in [0.1, 0.15) is 73.1 Å². The first-order chi connectivity index (χ1) is 11.9. The van der Waals surface area contributed by atoms with E-state index in [2.05, 4.69) is 26.0 Å². The van der Waals surface area contributed by atoms with Gasteiger partial charge >= 0.3 is 11.9 Å². The lowest BCUT2D eigenvalue weighted by Gasteiger charge is -2.17. The van der Waals surface area contributed by atoms with Gasteiger partial charge in [-0.3, -0.25) is 14.4 Å². The molecule has 0 saturated carbocycles. The minimum atomic E-state index is -1.04. The molecule has 2 atom stereocenters. The number of hydrogen-bond donors (Lipinski definition) is 3. The van der Waals surface area contributed by atoms with Gasteiger partial charge in [-0.15, -0.1) is 0 Å². The van der Waals surface area contributed by atoms with Crippen LogP contribution in [0.15, 0.2) is 12.2 Å². The summed E-state index contributed by atoms with van der Waals surface area (Å²) < 4.78 is 0. The number of aliphatic carboxylic acids is 2. The minimum absolute atomic E-state index is 0.222. The minimum Gasteiger partial charge on any atom is -0.481 e. The van der Waals surface area contributed by atoms with E-state index in [0.717, 1.165) is 11.8 Å². The average Bonchev–Trinajstić information content (AvgIpc) is 2.59. The van der Waals surface area contributed by atoms with E-state index < -0.39 is 11.9 Å². The maximum absolute atomic E-state index is 9.54. The van der Waals surface area contributed by atoms with E-state index >= 15 is 0 Å². The van der Waals surface area contributed by atoms with Crippen molar-refractivity contribution in [3.05, 3.63) is 12.2 Å². The highest BCUT2D eigenvalue weighted by Crippen LogP contribution is 2.23. The van der Waals surface area contributed by atoms with Crippen LogP contribution in [0.4, 0.5) is 0 Å². The first kappa shape index (κ1) is 28.0. The summed E-state index contributed by atoms with van der Waals surface area (Å²) in [6, 6.07) is 0. The Morgan fingerprint density at radius 1 is 1.12 bits per heavy atom. The number of hydrogen-bond acceptors (Lipinski definition) is 3. The molecule has 0 spiro atoms. The molecule has 1 aliphatic rings. The largest absolute Gasteiger partial charge is 0.481 e. The van der Waals surface area contributed by atoms with Gasteiger partial charge in [0, 0.05) is 6.42 Å². The Kier molecular flexibility index (Phi) is 24.8. The van der Waals surface area contributed by atoms with Crippen LogP contribution in [0.5, 0.6) is 0 Å². The molecular weight excluding hydrogens is 322 g/mol. The number of carboxylic acids is 2. The Morgan fingerprint density at radius 2 is 1.68 bits per heavy atom. The quantitative estimate of drug-likeness (QED) is 0.506. The number of nitrogens with one attached hydrogen (secondary N) is 1. The van der Waals surface area contributed by atoms with Crippen molar-refractivity contribution in [1.82, 2.24) is 5.32 Å². The molecule has 0 bridgehead atoms. The highest BCUT2D eigenvalue weighted by molar-refractivity contribution is 5.71. The number of carbonyl (C=O) groups excluding carboxylic acids is 1. The lowest BCUT2D eigenvalue weighted by atomic mass is 9.89. The van der Waals surface area contributed by atoms with Crippen molar-refractivity contribution in [1.29, 1.82) is 0 Å². The number of carboxylic acid groups (broad SMARTS) is 2. The summed E-state index contributed by atoms with van der Waals surface area (Å²) in [5.41, 5.74) is 0. The predicted octanol–water partition coefficient (Wildman–Crippen LogP) is 4.10. The molecular formula is C19H37NO5. The Hall–Kier alpha value is -1.85. The third-order valence-electron chi connectivity index (χ3n) is 3.43. The van der Waals surface area contributed by atoms with Gasteiger partial charge in [-0.25, -0.2) is 0 Å². The van der Waals surface area contributed by atoms with Crippen LogP contribution in [-0.4, -0.2) is 35.1 Å². The molecule has 0 aromatic rings. The zero-order valence-corrected chi connectivity index (χ0v) is 16.5. The lowest BCUT2D eigenvalue weighted by Crippen LogP contribution is -2.20. The monoisotopic (exact) mass is 359 g/mol. The van der Waals surface area contributed by atoms with Crippen LogP contribution in [0.2, 0.25) is 0 Å². The molecule has 0 saturated heterocycles. The van der Waals surface area contributed by atoms with Crippen LogP contribution >= 0.6 is 0 Å². The highest BCUT2D eigenvalue weighted by Gasteiger charge is 2.08. The maximum atomic E-state index is 9.54. The molecule has 1 rings (SSSR count). The molecule has 0 aliphatic heterocycles. The fourth-order valence-corrected chi connectivity index (χ4v) is 1.88. The Morgan fingerprint density at radius 3 is 2.04 bits per heavy atom. The summed E-state index contributed by atoms with van der Waals surface area (Å²) in [5.74, 6) is 0.0452. The van der Waals surface area contributed by atoms with Gasteiger partial charge in [0.1, 0.15) is 6.54 Å². The SMILES string of the molecule is CC.CCC(=O)O.CCC1/C=C/CCC(C)CC1.O=CNCC(=O)O. The Labute approximate surface area is 152 Å². The number of rotatable bonds is 5. The molecule has 6 nitrogen and oxygen atoms in total. The van der Waals surface area contributed by atoms with Crippen molar-refractivity contribution in [2.45, 2.75) is 73.1 Å². The van der Waals surface area contributed by atoms with Gasteiger partial charge in [-0.1, -0.05) is 53.2 Å². The van der Waals surface area contributed by atoms with Crippen molar-refractivity contribution in [2.75, 3.05) is 6.54 Å². The second-order valence-electron chi connectivity index (χ2n) is 5.50. The van der Waals surface area contributed by atoms with Gasteiger partial charge in [0.15, 0.2) is 0 Å². The topological polar surface area (TPSA) is 104 Å². The summed E-state index contributed by atoms with van der Waals surface area (Å²) in [5, 5.41) is 17.5. The molecule has 0 fully saturated rings. The van der Waals surface area contributed by atoms with Gasteiger partial charge < -0.3 is 15.5 Å². The standard InChI is InChI=1S/C11H20.C3H5NO3.C3H6O2.C2H6/c1-3-11-7-5-4-6-10(2)8-9-11;5-2-4-1-3(6)7;1-2-3(4)5;1-2/h5,7,10-11H,3-4,6,8-9H2,1-2H3;2H,1H2,(H,4,5)(H,6,7);2H2,1H3,(H,4,5);1-2H3/b7-5+;;;. The van der Waals surface area contributed by atoms with E-state index in [1.54, 1.807) is 6.92 Å². The van der Waals surface area contributed by atoms with E-state index in [-0.39, 0.29) is 13.0 Å². The molecule has 3 N–H and O–H groups in total. The molecule has 0 aromatic carbocycles. The molecule has 2 unspecified atom stereocenters. The van der Waals surface area contributed by atoms with Crippen molar-refractivity contribution in [3.63, 3.8) is 0 Å². The number of carbonyl (C=O) groups is 3. The van der Waals surface area contributed by atoms with Gasteiger partial charge in [0.2, 0.25) is 6.41 Å². The molecule has 0 heterocycles. The normalized spacial score (nSPS) is 19.6. The number of allylic oxidation sites excluding steroid dienone is 2. The predicted molar refractivity (Wildman–Crippen MR) is 102 cm³/mol. The third-order valence-corrected chi connectivity index (χ3v) is 3.43. The van der Waals surface area contributed by atoms with E-state index in [1.165, 1.54) is 32.1 Å². The van der Waals surface area contributed by atoms with E-state index in [4.69, 9.17) is 10.2 Å². The second-order valence-corrected chi connectivity index (χ2v) is 5.50. The van der Waals surface area contributed by atoms with Gasteiger partial charge in [0.25, 0.3) is 0 Å². The second kappa shape index (κ2) is 22.1. The first-order valence-electron chi connectivity index (χ1n) is 9.14. The van der Waals surface area contributed by atoms with Crippen molar-refractivity contribution in [2.24, 2.45) is 11.8 Å². The first-order valence-corrected chi connectivity index (χ1v) is 9.14. The molecule has 25 heavy (non-hydrogen) atoms. The van der Waals surface area contributed by atoms with Crippen LogP contribution in [0, 0.1) is 11.8 Å². The fourth-order valence-electron chi connectivity index (χ4n) is 1.88. The van der Waals surface area contributed by atoms with Gasteiger partial charge in [-0.05, 0) is 37.5 Å². The van der Waals surface area contributed by atoms with Crippen LogP contribution in [-0.2, 0) is 14.4 Å². The summed E-state index contributed by atoms with van der Waals surface area (Å²) in [6.07, 6.45) is 12.2. The summed E-state index contributed by atoms with van der Waals surface area (Å²) in [6.45, 7) is 9.97. The molecule has 0 radical (unpaired) electrons. The van der Waals surface area contributed by atoms with Crippen molar-refractivity contribution in [3.8, 4) is 0 Å². The zero-order valence-electron chi connectivity index (χ0n) is 16.5. The Balaban J connectivity index is -0.000000300. The summed E-state index contributed by atoms with van der Waals surface area (Å²) in [4.78, 5) is 28.2. The molecule has 148 valence electrons. The number of amides is 1. The fraction of sp³-hybridized carbons (Fsp3) is 0.737. The highest BCUT2D eigenvalue weighted by atomic mass is 16.4. The van der Waals surface area contributed by atoms with E-state index in [1.807, 2.05) is 19.2 Å². The maximum Gasteiger partial charge on any atom is 0.322 e. The molecule has 1 aliphatic carbocycles. The van der Waals surface area contributed by atoms with E-state index in [0.29, 0.717) is 6.41 Å². The zero-order chi connectivity index (χ0) is 20.1. The summed E-state index contributed by atoms with van der Waals surface area (Å²) in [7, 11) is 0. The molecule has 1 amide bonds. The van der Waals surface area contributed by atoms with Crippen LogP contribution in [0.3, 0.4) is 0 Å². The van der Waals surface area contributed by atoms with Crippen LogP contribution < -0.4 is 5.32 Å². The summed E-state index contributed by atoms with van der Waals surface area (Å²) >= 11 is 0. The molecule has 6 heteroatoms.